The Labute approximate surface area is 166 Å². The van der Waals surface area contributed by atoms with Gasteiger partial charge in [-0.05, 0) is 57.2 Å². The largest absolute Gasteiger partial charge is 0.493 e. The van der Waals surface area contributed by atoms with Crippen LogP contribution in [0.5, 0.6) is 11.5 Å². The molecule has 0 fully saturated rings. The molecule has 0 saturated heterocycles. The van der Waals surface area contributed by atoms with E-state index in [1.165, 1.54) is 24.3 Å². The number of ether oxygens (including phenoxy) is 2. The molecule has 0 saturated carbocycles. The van der Waals surface area contributed by atoms with E-state index in [2.05, 4.69) is 10.0 Å². The van der Waals surface area contributed by atoms with Crippen LogP contribution in [0.4, 0.5) is 0 Å². The number of rotatable bonds is 8. The highest BCUT2D eigenvalue weighted by molar-refractivity contribution is 7.89. The number of para-hydroxylation sites is 2. The van der Waals surface area contributed by atoms with E-state index in [-0.39, 0.29) is 17.4 Å². The summed E-state index contributed by atoms with van der Waals surface area (Å²) in [6.07, 6.45) is 0. The lowest BCUT2D eigenvalue weighted by atomic mass is 10.1. The van der Waals surface area contributed by atoms with Crippen molar-refractivity contribution in [1.82, 2.24) is 10.0 Å². The molecule has 0 unspecified atom stereocenters. The molecule has 7 nitrogen and oxygen atoms in total. The van der Waals surface area contributed by atoms with Gasteiger partial charge < -0.3 is 14.8 Å². The Balaban J connectivity index is 1.89. The van der Waals surface area contributed by atoms with E-state index in [0.717, 1.165) is 0 Å². The number of benzene rings is 2. The maximum Gasteiger partial charge on any atom is 0.251 e. The first-order chi connectivity index (χ1) is 13.1. The van der Waals surface area contributed by atoms with Crippen molar-refractivity contribution < 1.29 is 22.7 Å². The van der Waals surface area contributed by atoms with Crippen molar-refractivity contribution in [3.05, 3.63) is 54.1 Å². The van der Waals surface area contributed by atoms with Gasteiger partial charge in [0, 0.05) is 11.1 Å². The van der Waals surface area contributed by atoms with Crippen LogP contribution in [0.25, 0.3) is 0 Å². The third-order valence-electron chi connectivity index (χ3n) is 3.58. The molecule has 0 aliphatic heterocycles. The molecule has 1 amide bonds. The van der Waals surface area contributed by atoms with Crippen molar-refractivity contribution in [3.63, 3.8) is 0 Å². The van der Waals surface area contributed by atoms with Gasteiger partial charge in [0.15, 0.2) is 11.5 Å². The van der Waals surface area contributed by atoms with Crippen molar-refractivity contribution in [1.29, 1.82) is 0 Å². The van der Waals surface area contributed by atoms with Crippen molar-refractivity contribution in [2.24, 2.45) is 0 Å². The number of hydrogen-bond donors (Lipinski definition) is 2. The SMILES string of the molecule is COc1ccccc1OCCNC(=O)c1ccc(S(=O)(=O)NC(C)(C)C)cc1. The van der Waals surface area contributed by atoms with E-state index in [9.17, 15) is 13.2 Å². The smallest absolute Gasteiger partial charge is 0.251 e. The van der Waals surface area contributed by atoms with Gasteiger partial charge in [0.1, 0.15) is 6.61 Å². The molecule has 2 aromatic rings. The molecule has 8 heteroatoms. The van der Waals surface area contributed by atoms with Gasteiger partial charge in [-0.1, -0.05) is 12.1 Å². The van der Waals surface area contributed by atoms with Gasteiger partial charge in [-0.25, -0.2) is 13.1 Å². The summed E-state index contributed by atoms with van der Waals surface area (Å²) in [6.45, 7) is 5.86. The fraction of sp³-hybridized carbons (Fsp3) is 0.350. The summed E-state index contributed by atoms with van der Waals surface area (Å²) < 4.78 is 37.9. The highest BCUT2D eigenvalue weighted by Crippen LogP contribution is 2.25. The third kappa shape index (κ3) is 6.24. The summed E-state index contributed by atoms with van der Waals surface area (Å²) in [5.74, 6) is 0.908. The van der Waals surface area contributed by atoms with Gasteiger partial charge in [-0.2, -0.15) is 0 Å². The number of nitrogens with one attached hydrogen (secondary N) is 2. The molecule has 0 bridgehead atoms. The first-order valence-corrected chi connectivity index (χ1v) is 10.3. The maximum absolute atomic E-state index is 12.3. The Bertz CT molecular complexity index is 903. The lowest BCUT2D eigenvalue weighted by Gasteiger charge is -2.20. The van der Waals surface area contributed by atoms with Gasteiger partial charge in [0.25, 0.3) is 5.91 Å². The molecule has 0 aromatic heterocycles. The molecule has 28 heavy (non-hydrogen) atoms. The van der Waals surface area contributed by atoms with Crippen LogP contribution in [-0.2, 0) is 10.0 Å². The van der Waals surface area contributed by atoms with Crippen LogP contribution in [0.15, 0.2) is 53.4 Å². The Morgan fingerprint density at radius 2 is 1.61 bits per heavy atom. The molecule has 2 aromatic carbocycles. The zero-order valence-electron chi connectivity index (χ0n) is 16.5. The van der Waals surface area contributed by atoms with Crippen LogP contribution < -0.4 is 19.5 Å². The summed E-state index contributed by atoms with van der Waals surface area (Å²) in [6, 6.07) is 13.0. The van der Waals surface area contributed by atoms with Crippen molar-refractivity contribution in [2.75, 3.05) is 20.3 Å². The summed E-state index contributed by atoms with van der Waals surface area (Å²) in [5.41, 5.74) is -0.219. The Morgan fingerprint density at radius 3 is 2.18 bits per heavy atom. The van der Waals surface area contributed by atoms with E-state index in [1.807, 2.05) is 12.1 Å². The number of methoxy groups -OCH3 is 1. The molecule has 2 N–H and O–H groups in total. The van der Waals surface area contributed by atoms with Crippen LogP contribution in [-0.4, -0.2) is 40.1 Å². The zero-order chi connectivity index (χ0) is 20.8. The number of carbonyl (C=O) groups excluding carboxylic acids is 1. The molecule has 2 rings (SSSR count). The minimum atomic E-state index is -3.63. The maximum atomic E-state index is 12.3. The number of sulfonamides is 1. The molecule has 0 spiro atoms. The second kappa shape index (κ2) is 9.07. The highest BCUT2D eigenvalue weighted by Gasteiger charge is 2.22. The van der Waals surface area contributed by atoms with Gasteiger partial charge in [-0.15, -0.1) is 0 Å². The Morgan fingerprint density at radius 1 is 1.00 bits per heavy atom. The predicted octanol–water partition coefficient (Wildman–Crippen LogP) is 2.58. The van der Waals surface area contributed by atoms with Crippen molar-refractivity contribution >= 4 is 15.9 Å². The minimum Gasteiger partial charge on any atom is -0.493 e. The molecule has 0 radical (unpaired) electrons. The zero-order valence-corrected chi connectivity index (χ0v) is 17.3. The average Bonchev–Trinajstić information content (AvgIpc) is 2.63. The third-order valence-corrected chi connectivity index (χ3v) is 5.36. The lowest BCUT2D eigenvalue weighted by molar-refractivity contribution is 0.0946. The normalized spacial score (nSPS) is 11.7. The van der Waals surface area contributed by atoms with Gasteiger partial charge in [-0.3, -0.25) is 4.79 Å². The molecular formula is C20H26N2O5S. The first-order valence-electron chi connectivity index (χ1n) is 8.80. The predicted molar refractivity (Wildman–Crippen MR) is 107 cm³/mol. The number of amides is 1. The minimum absolute atomic E-state index is 0.110. The average molecular weight is 407 g/mol. The quantitative estimate of drug-likeness (QED) is 0.657. The highest BCUT2D eigenvalue weighted by atomic mass is 32.2. The fourth-order valence-electron chi connectivity index (χ4n) is 2.41. The monoisotopic (exact) mass is 406 g/mol. The van der Waals surface area contributed by atoms with Gasteiger partial charge >= 0.3 is 0 Å². The molecular weight excluding hydrogens is 380 g/mol. The Kier molecular flexibility index (Phi) is 7.04. The van der Waals surface area contributed by atoms with E-state index in [1.54, 1.807) is 40.0 Å². The molecule has 152 valence electrons. The standard InChI is InChI=1S/C20H26N2O5S/c1-20(2,3)22-28(24,25)16-11-9-15(10-12-16)19(23)21-13-14-27-18-8-6-5-7-17(18)26-4/h5-12,22H,13-14H2,1-4H3,(H,21,23). The van der Waals surface area contributed by atoms with Crippen LogP contribution >= 0.6 is 0 Å². The summed E-state index contributed by atoms with van der Waals surface area (Å²) in [4.78, 5) is 12.3. The lowest BCUT2D eigenvalue weighted by Crippen LogP contribution is -2.40. The van der Waals surface area contributed by atoms with Crippen molar-refractivity contribution in [2.45, 2.75) is 31.2 Å². The van der Waals surface area contributed by atoms with Gasteiger partial charge in [0.05, 0.1) is 18.6 Å². The summed E-state index contributed by atoms with van der Waals surface area (Å²) >= 11 is 0. The van der Waals surface area contributed by atoms with Crippen LogP contribution in [0.3, 0.4) is 0 Å². The fourth-order valence-corrected chi connectivity index (χ4v) is 3.83. The van der Waals surface area contributed by atoms with Crippen LogP contribution in [0.1, 0.15) is 31.1 Å². The topological polar surface area (TPSA) is 93.7 Å². The molecule has 0 heterocycles. The molecule has 0 aliphatic carbocycles. The Hall–Kier alpha value is -2.58. The van der Waals surface area contributed by atoms with Gasteiger partial charge in [0.2, 0.25) is 10.0 Å². The molecule has 0 atom stereocenters. The number of hydrogen-bond acceptors (Lipinski definition) is 5. The van der Waals surface area contributed by atoms with E-state index < -0.39 is 15.6 Å². The second-order valence-corrected chi connectivity index (χ2v) is 8.82. The summed E-state index contributed by atoms with van der Waals surface area (Å²) in [5, 5.41) is 2.73. The van der Waals surface area contributed by atoms with Crippen LogP contribution in [0, 0.1) is 0 Å². The number of carbonyl (C=O) groups is 1. The molecule has 0 aliphatic rings. The second-order valence-electron chi connectivity index (χ2n) is 7.14. The van der Waals surface area contributed by atoms with E-state index in [4.69, 9.17) is 9.47 Å². The van der Waals surface area contributed by atoms with Crippen LogP contribution in [0.2, 0.25) is 0 Å². The first kappa shape index (κ1) is 21.7. The van der Waals surface area contributed by atoms with E-state index >= 15 is 0 Å². The van der Waals surface area contributed by atoms with Crippen molar-refractivity contribution in [3.8, 4) is 11.5 Å². The van der Waals surface area contributed by atoms with E-state index in [0.29, 0.717) is 23.6 Å². The summed E-state index contributed by atoms with van der Waals surface area (Å²) in [7, 11) is -2.07.